The molecule has 0 bridgehead atoms. The Labute approximate surface area is 202 Å². The van der Waals surface area contributed by atoms with Crippen molar-refractivity contribution in [2.75, 3.05) is 6.61 Å². The lowest BCUT2D eigenvalue weighted by Gasteiger charge is -2.58. The summed E-state index contributed by atoms with van der Waals surface area (Å²) >= 11 is 0. The number of cyclic esters (lactones) is 1. The summed E-state index contributed by atoms with van der Waals surface area (Å²) < 4.78 is 12.2. The summed E-state index contributed by atoms with van der Waals surface area (Å²) in [5.74, 6) is 2.83. The minimum atomic E-state index is -1.73. The molecule has 1 heterocycles. The molecule has 5 aliphatic rings. The summed E-state index contributed by atoms with van der Waals surface area (Å²) in [4.78, 5) is 11.8. The van der Waals surface area contributed by atoms with Gasteiger partial charge in [0, 0.05) is 12.2 Å². The third-order valence-corrected chi connectivity index (χ3v) is 16.0. The number of carbonyl (C=O) groups is 1. The second kappa shape index (κ2) is 7.81. The minimum Gasteiger partial charge on any atom is -0.458 e. The number of carbonyl (C=O) groups excluding carboxylic acids is 1. The van der Waals surface area contributed by atoms with E-state index in [2.05, 4.69) is 53.8 Å². The van der Waals surface area contributed by atoms with E-state index in [0.717, 1.165) is 24.2 Å². The molecule has 0 unspecified atom stereocenters. The van der Waals surface area contributed by atoms with Crippen molar-refractivity contribution in [3.8, 4) is 0 Å². The van der Waals surface area contributed by atoms with Crippen LogP contribution in [0.25, 0.3) is 0 Å². The van der Waals surface area contributed by atoms with Gasteiger partial charge in [-0.2, -0.15) is 0 Å². The van der Waals surface area contributed by atoms with E-state index in [1.807, 2.05) is 6.08 Å². The second-order valence-corrected chi connectivity index (χ2v) is 18.8. The Balaban J connectivity index is 1.34. The smallest absolute Gasteiger partial charge is 0.331 e. The van der Waals surface area contributed by atoms with Crippen molar-refractivity contribution in [3.63, 3.8) is 0 Å². The predicted octanol–water partition coefficient (Wildman–Crippen LogP) is 7.44. The van der Waals surface area contributed by atoms with Gasteiger partial charge in [-0.3, -0.25) is 0 Å². The van der Waals surface area contributed by atoms with Crippen molar-refractivity contribution < 1.29 is 14.0 Å². The van der Waals surface area contributed by atoms with Gasteiger partial charge in [-0.05, 0) is 110 Å². The van der Waals surface area contributed by atoms with E-state index in [4.69, 9.17) is 9.16 Å². The topological polar surface area (TPSA) is 35.5 Å². The largest absolute Gasteiger partial charge is 0.458 e. The quantitative estimate of drug-likeness (QED) is 0.244. The highest BCUT2D eigenvalue weighted by atomic mass is 28.4. The maximum absolute atomic E-state index is 11.8. The number of hydrogen-bond donors (Lipinski definition) is 0. The normalized spacial score (nSPS) is 43.2. The Bertz CT molecular complexity index is 880. The third-order valence-electron chi connectivity index (χ3n) is 11.5. The van der Waals surface area contributed by atoms with Gasteiger partial charge in [0.1, 0.15) is 6.61 Å². The lowest BCUT2D eigenvalue weighted by molar-refractivity contribution is -0.135. The summed E-state index contributed by atoms with van der Waals surface area (Å²) in [6.07, 6.45) is 15.0. The molecule has 0 spiro atoms. The first-order valence-electron chi connectivity index (χ1n) is 13.6. The molecule has 0 aromatic carbocycles. The molecule has 0 aromatic rings. The van der Waals surface area contributed by atoms with E-state index < -0.39 is 8.32 Å². The third kappa shape index (κ3) is 3.73. The number of hydrogen-bond acceptors (Lipinski definition) is 3. The molecule has 0 amide bonds. The molecule has 3 saturated carbocycles. The van der Waals surface area contributed by atoms with Crippen molar-refractivity contribution in [1.29, 1.82) is 0 Å². The summed E-state index contributed by atoms with van der Waals surface area (Å²) in [6, 6.07) is 0. The molecule has 0 N–H and O–H groups in total. The van der Waals surface area contributed by atoms with Gasteiger partial charge in [0.15, 0.2) is 8.32 Å². The van der Waals surface area contributed by atoms with Crippen LogP contribution in [0.3, 0.4) is 0 Å². The van der Waals surface area contributed by atoms with Crippen LogP contribution in [0.2, 0.25) is 18.1 Å². The van der Waals surface area contributed by atoms with Gasteiger partial charge in [0.2, 0.25) is 0 Å². The fourth-order valence-corrected chi connectivity index (χ4v) is 9.91. The van der Waals surface area contributed by atoms with Gasteiger partial charge in [-0.1, -0.05) is 46.3 Å². The lowest BCUT2D eigenvalue weighted by Crippen LogP contribution is -2.52. The number of rotatable bonds is 3. The highest BCUT2D eigenvalue weighted by Crippen LogP contribution is 2.67. The van der Waals surface area contributed by atoms with Crippen LogP contribution in [0.15, 0.2) is 23.3 Å². The Morgan fingerprint density at radius 3 is 2.48 bits per heavy atom. The Morgan fingerprint density at radius 1 is 1.06 bits per heavy atom. The molecule has 0 radical (unpaired) electrons. The molecule has 4 heteroatoms. The summed E-state index contributed by atoms with van der Waals surface area (Å²) in [6.45, 7) is 17.6. The first-order chi connectivity index (χ1) is 15.3. The zero-order valence-electron chi connectivity index (χ0n) is 22.1. The van der Waals surface area contributed by atoms with Crippen LogP contribution in [0, 0.1) is 34.5 Å². The lowest BCUT2D eigenvalue weighted by atomic mass is 9.47. The number of ether oxygens (including phenoxy) is 1. The molecule has 1 aliphatic heterocycles. The molecular formula is C29H46O3Si. The van der Waals surface area contributed by atoms with E-state index in [0.29, 0.717) is 29.5 Å². The zero-order chi connectivity index (χ0) is 23.8. The zero-order valence-corrected chi connectivity index (χ0v) is 23.1. The fraction of sp³-hybridized carbons (Fsp3) is 0.828. The SMILES string of the molecule is CC(C)(C)[Si](C)(C)O[C@H]1CC[C@@]2(C)C(=CC[C@H]3[C@@H]4CC[C@H](C5=CC(=O)OC5)[C@@]4(C)CC[C@@H]32)C1. The molecular weight excluding hydrogens is 424 g/mol. The molecule has 184 valence electrons. The summed E-state index contributed by atoms with van der Waals surface area (Å²) in [5.41, 5.74) is 3.70. The Hall–Kier alpha value is -0.873. The Morgan fingerprint density at radius 2 is 1.82 bits per heavy atom. The molecule has 3 fully saturated rings. The first-order valence-corrected chi connectivity index (χ1v) is 16.5. The molecule has 4 aliphatic carbocycles. The average Bonchev–Trinajstić information content (AvgIpc) is 3.29. The standard InChI is InChI=1S/C29H46O3Si/c1-27(2,3)33(6,7)32-21-12-14-28(4)20(17-21)8-9-22-24-11-10-23(19-16-26(30)31-18-19)29(24,5)15-13-25(22)28/h8,16,21-25H,9-15,17-18H2,1-7H3/t21-,22-,23+,24-,25-,28-,29+/m0/s1. The molecule has 5 rings (SSSR count). The van der Waals surface area contributed by atoms with E-state index in [1.54, 1.807) is 5.57 Å². The van der Waals surface area contributed by atoms with Crippen molar-refractivity contribution in [1.82, 2.24) is 0 Å². The monoisotopic (exact) mass is 470 g/mol. The van der Waals surface area contributed by atoms with Crippen molar-refractivity contribution in [3.05, 3.63) is 23.3 Å². The van der Waals surface area contributed by atoms with Crippen LogP contribution in [0.1, 0.15) is 86.0 Å². The molecule has 0 aromatic heterocycles. The van der Waals surface area contributed by atoms with Crippen molar-refractivity contribution in [2.24, 2.45) is 34.5 Å². The van der Waals surface area contributed by atoms with Gasteiger partial charge >= 0.3 is 5.97 Å². The van der Waals surface area contributed by atoms with Crippen LogP contribution in [-0.4, -0.2) is 27.0 Å². The van der Waals surface area contributed by atoms with Gasteiger partial charge < -0.3 is 9.16 Å². The van der Waals surface area contributed by atoms with Crippen LogP contribution >= 0.6 is 0 Å². The highest BCUT2D eigenvalue weighted by molar-refractivity contribution is 6.74. The summed E-state index contributed by atoms with van der Waals surface area (Å²) in [5, 5.41) is 0.275. The molecule has 3 nitrogen and oxygen atoms in total. The minimum absolute atomic E-state index is 0.125. The molecule has 0 saturated heterocycles. The Kier molecular flexibility index (Phi) is 5.65. The van der Waals surface area contributed by atoms with E-state index in [1.165, 1.54) is 50.5 Å². The van der Waals surface area contributed by atoms with Crippen LogP contribution in [0.4, 0.5) is 0 Å². The van der Waals surface area contributed by atoms with Crippen LogP contribution < -0.4 is 0 Å². The van der Waals surface area contributed by atoms with E-state index in [-0.39, 0.29) is 11.0 Å². The number of allylic oxidation sites excluding steroid dienone is 1. The van der Waals surface area contributed by atoms with Gasteiger partial charge in [0.05, 0.1) is 0 Å². The van der Waals surface area contributed by atoms with Crippen molar-refractivity contribution in [2.45, 2.75) is 110 Å². The van der Waals surface area contributed by atoms with E-state index in [9.17, 15) is 4.79 Å². The first kappa shape index (κ1) is 23.8. The molecule has 33 heavy (non-hydrogen) atoms. The number of esters is 1. The van der Waals surface area contributed by atoms with E-state index >= 15 is 0 Å². The van der Waals surface area contributed by atoms with Gasteiger partial charge in [-0.25, -0.2) is 4.79 Å². The van der Waals surface area contributed by atoms with Gasteiger partial charge in [-0.15, -0.1) is 0 Å². The second-order valence-electron chi connectivity index (χ2n) is 14.0. The summed E-state index contributed by atoms with van der Waals surface area (Å²) in [7, 11) is -1.73. The maximum Gasteiger partial charge on any atom is 0.331 e. The maximum atomic E-state index is 11.8. The predicted molar refractivity (Wildman–Crippen MR) is 136 cm³/mol. The van der Waals surface area contributed by atoms with Crippen LogP contribution in [0.5, 0.6) is 0 Å². The van der Waals surface area contributed by atoms with Gasteiger partial charge in [0.25, 0.3) is 0 Å². The average molecular weight is 471 g/mol. The molecule has 7 atom stereocenters. The number of fused-ring (bicyclic) bond motifs is 5. The highest BCUT2D eigenvalue weighted by Gasteiger charge is 2.59. The fourth-order valence-electron chi connectivity index (χ4n) is 8.52. The van der Waals surface area contributed by atoms with Crippen LogP contribution in [-0.2, 0) is 14.0 Å². The van der Waals surface area contributed by atoms with Crippen molar-refractivity contribution >= 4 is 14.3 Å².